The Hall–Kier alpha value is -3.03. The highest BCUT2D eigenvalue weighted by Gasteiger charge is 2.30. The Balaban J connectivity index is 1.65. The largest absolute Gasteiger partial charge is 0.416 e. The molecule has 0 saturated heterocycles. The van der Waals surface area contributed by atoms with Gasteiger partial charge in [-0.15, -0.1) is 0 Å². The van der Waals surface area contributed by atoms with E-state index in [1.165, 1.54) is 12.1 Å². The van der Waals surface area contributed by atoms with Crippen molar-refractivity contribution in [2.24, 2.45) is 0 Å². The van der Waals surface area contributed by atoms with Crippen molar-refractivity contribution in [2.45, 2.75) is 39.2 Å². The van der Waals surface area contributed by atoms with Crippen LogP contribution in [0.1, 0.15) is 24.5 Å². The molecule has 3 rings (SSSR count). The van der Waals surface area contributed by atoms with Crippen LogP contribution in [0.15, 0.2) is 53.3 Å². The second kappa shape index (κ2) is 7.92. The third kappa shape index (κ3) is 4.11. The lowest BCUT2D eigenvalue weighted by atomic mass is 10.1. The number of aryl methyl sites for hydroxylation is 2. The fraction of sp³-hybridized carbons (Fsp3) is 0.300. The van der Waals surface area contributed by atoms with E-state index in [4.69, 9.17) is 0 Å². The second-order valence-corrected chi connectivity index (χ2v) is 6.39. The topological polar surface area (TPSA) is 56.0 Å². The summed E-state index contributed by atoms with van der Waals surface area (Å²) >= 11 is 0. The number of nitrogens with one attached hydrogen (secondary N) is 1. The zero-order valence-corrected chi connectivity index (χ0v) is 15.3. The average Bonchev–Trinajstić information content (AvgIpc) is 2.95. The lowest BCUT2D eigenvalue weighted by molar-refractivity contribution is -0.137. The van der Waals surface area contributed by atoms with Gasteiger partial charge in [0.25, 0.3) is 0 Å². The molecule has 0 bridgehead atoms. The van der Waals surface area contributed by atoms with Gasteiger partial charge in [0, 0.05) is 26.1 Å². The standard InChI is InChI=1S/C20H20F3N3O2/c1-2-25-16-8-3-4-9-17(16)26(19(25)28)11-10-18(27)24-13-14-6-5-7-15(12-14)20(21,22)23/h3-9,12H,2,10-11,13H2,1H3,(H,24,27). The van der Waals surface area contributed by atoms with Gasteiger partial charge in [0.05, 0.1) is 16.6 Å². The zero-order valence-electron chi connectivity index (χ0n) is 15.3. The number of amides is 1. The lowest BCUT2D eigenvalue weighted by Gasteiger charge is -2.10. The number of carbonyl (C=O) groups excluding carboxylic acids is 1. The van der Waals surface area contributed by atoms with E-state index in [2.05, 4.69) is 5.32 Å². The molecule has 0 aliphatic heterocycles. The molecule has 2 aromatic carbocycles. The minimum atomic E-state index is -4.42. The van der Waals surface area contributed by atoms with Crippen molar-refractivity contribution in [3.05, 3.63) is 70.1 Å². The van der Waals surface area contributed by atoms with E-state index in [0.29, 0.717) is 12.1 Å². The van der Waals surface area contributed by atoms with Crippen LogP contribution in [0.3, 0.4) is 0 Å². The van der Waals surface area contributed by atoms with Crippen molar-refractivity contribution in [1.29, 1.82) is 0 Å². The number of hydrogen-bond donors (Lipinski definition) is 1. The van der Waals surface area contributed by atoms with Crippen LogP contribution in [0, 0.1) is 0 Å². The SMILES string of the molecule is CCn1c(=O)n(CCC(=O)NCc2cccc(C(F)(F)F)c2)c2ccccc21. The second-order valence-electron chi connectivity index (χ2n) is 6.39. The Bertz CT molecular complexity index is 1050. The third-order valence-corrected chi connectivity index (χ3v) is 4.55. The number of halogens is 3. The van der Waals surface area contributed by atoms with Crippen molar-refractivity contribution in [1.82, 2.24) is 14.5 Å². The van der Waals surface area contributed by atoms with Gasteiger partial charge < -0.3 is 5.32 Å². The summed E-state index contributed by atoms with van der Waals surface area (Å²) in [4.78, 5) is 24.7. The highest BCUT2D eigenvalue weighted by Crippen LogP contribution is 2.29. The number of alkyl halides is 3. The van der Waals surface area contributed by atoms with Gasteiger partial charge in [-0.25, -0.2) is 4.79 Å². The lowest BCUT2D eigenvalue weighted by Crippen LogP contribution is -2.28. The first-order chi connectivity index (χ1) is 13.3. The number of rotatable bonds is 6. The molecule has 5 nitrogen and oxygen atoms in total. The minimum Gasteiger partial charge on any atom is -0.352 e. The van der Waals surface area contributed by atoms with Crippen LogP contribution < -0.4 is 11.0 Å². The van der Waals surface area contributed by atoms with E-state index in [1.807, 2.05) is 31.2 Å². The third-order valence-electron chi connectivity index (χ3n) is 4.55. The summed E-state index contributed by atoms with van der Waals surface area (Å²) < 4.78 is 41.4. The number of aromatic nitrogens is 2. The molecule has 0 fully saturated rings. The maximum Gasteiger partial charge on any atom is 0.416 e. The van der Waals surface area contributed by atoms with Gasteiger partial charge in [0.2, 0.25) is 5.91 Å². The van der Waals surface area contributed by atoms with Gasteiger partial charge in [0.15, 0.2) is 0 Å². The molecular formula is C20H20F3N3O2. The van der Waals surface area contributed by atoms with Crippen LogP contribution >= 0.6 is 0 Å². The average molecular weight is 391 g/mol. The van der Waals surface area contributed by atoms with Crippen LogP contribution in [0.5, 0.6) is 0 Å². The smallest absolute Gasteiger partial charge is 0.352 e. The Labute approximate surface area is 159 Å². The molecule has 0 aliphatic rings. The highest BCUT2D eigenvalue weighted by atomic mass is 19.4. The Kier molecular flexibility index (Phi) is 5.58. The van der Waals surface area contributed by atoms with Crippen molar-refractivity contribution in [3.63, 3.8) is 0 Å². The first-order valence-corrected chi connectivity index (χ1v) is 8.92. The molecule has 8 heteroatoms. The predicted octanol–water partition coefficient (Wildman–Crippen LogP) is 3.55. The molecule has 1 aromatic heterocycles. The molecule has 3 aromatic rings. The first-order valence-electron chi connectivity index (χ1n) is 8.92. The number of para-hydroxylation sites is 2. The van der Waals surface area contributed by atoms with Crippen LogP contribution in [0.25, 0.3) is 11.0 Å². The first kappa shape index (κ1) is 19.7. The molecule has 1 heterocycles. The van der Waals surface area contributed by atoms with Crippen molar-refractivity contribution < 1.29 is 18.0 Å². The maximum atomic E-state index is 12.8. The number of nitrogens with zero attached hydrogens (tertiary/aromatic N) is 2. The molecule has 0 aliphatic carbocycles. The summed E-state index contributed by atoms with van der Waals surface area (Å²) in [5, 5.41) is 2.61. The molecule has 28 heavy (non-hydrogen) atoms. The van der Waals surface area contributed by atoms with E-state index in [9.17, 15) is 22.8 Å². The summed E-state index contributed by atoms with van der Waals surface area (Å²) in [5.74, 6) is -0.336. The zero-order chi connectivity index (χ0) is 20.3. The molecule has 1 amide bonds. The van der Waals surface area contributed by atoms with Crippen LogP contribution in [-0.4, -0.2) is 15.0 Å². The van der Waals surface area contributed by atoms with E-state index in [0.717, 1.165) is 23.2 Å². The highest BCUT2D eigenvalue weighted by molar-refractivity contribution is 5.78. The molecule has 0 unspecified atom stereocenters. The fourth-order valence-corrected chi connectivity index (χ4v) is 3.15. The molecule has 148 valence electrons. The number of benzene rings is 2. The molecule has 0 saturated carbocycles. The van der Waals surface area contributed by atoms with Crippen LogP contribution in [0.4, 0.5) is 13.2 Å². The van der Waals surface area contributed by atoms with E-state index >= 15 is 0 Å². The number of imidazole rings is 1. The van der Waals surface area contributed by atoms with Gasteiger partial charge in [-0.2, -0.15) is 13.2 Å². The predicted molar refractivity (Wildman–Crippen MR) is 99.8 cm³/mol. The van der Waals surface area contributed by atoms with Crippen LogP contribution in [-0.2, 0) is 30.6 Å². The molecule has 0 radical (unpaired) electrons. The molecular weight excluding hydrogens is 371 g/mol. The quantitative estimate of drug-likeness (QED) is 0.699. The summed E-state index contributed by atoms with van der Waals surface area (Å²) in [6.45, 7) is 2.59. The monoisotopic (exact) mass is 391 g/mol. The van der Waals surface area contributed by atoms with E-state index < -0.39 is 11.7 Å². The van der Waals surface area contributed by atoms with Crippen molar-refractivity contribution >= 4 is 16.9 Å². The van der Waals surface area contributed by atoms with Crippen molar-refractivity contribution in [2.75, 3.05) is 0 Å². The molecule has 0 atom stereocenters. The van der Waals surface area contributed by atoms with Crippen molar-refractivity contribution in [3.8, 4) is 0 Å². The summed E-state index contributed by atoms with van der Waals surface area (Å²) in [5.41, 5.74) is 0.981. The number of fused-ring (bicyclic) bond motifs is 1. The number of carbonyl (C=O) groups is 1. The Morgan fingerprint density at radius 2 is 1.71 bits per heavy atom. The Morgan fingerprint density at radius 1 is 1.04 bits per heavy atom. The van der Waals surface area contributed by atoms with Gasteiger partial charge in [-0.3, -0.25) is 13.9 Å². The van der Waals surface area contributed by atoms with E-state index in [1.54, 1.807) is 9.13 Å². The number of hydrogen-bond acceptors (Lipinski definition) is 2. The fourth-order valence-electron chi connectivity index (χ4n) is 3.15. The molecule has 0 spiro atoms. The minimum absolute atomic E-state index is 0.00558. The summed E-state index contributed by atoms with van der Waals surface area (Å²) in [7, 11) is 0. The van der Waals surface area contributed by atoms with Gasteiger partial charge in [0.1, 0.15) is 0 Å². The summed E-state index contributed by atoms with van der Waals surface area (Å²) in [6.07, 6.45) is -4.37. The van der Waals surface area contributed by atoms with Crippen LogP contribution in [0.2, 0.25) is 0 Å². The maximum absolute atomic E-state index is 12.8. The van der Waals surface area contributed by atoms with Gasteiger partial charge in [-0.1, -0.05) is 24.3 Å². The summed E-state index contributed by atoms with van der Waals surface area (Å²) in [6, 6.07) is 12.2. The van der Waals surface area contributed by atoms with Gasteiger partial charge in [-0.05, 0) is 36.8 Å². The Morgan fingerprint density at radius 3 is 2.36 bits per heavy atom. The van der Waals surface area contributed by atoms with Gasteiger partial charge >= 0.3 is 11.9 Å². The molecule has 1 N–H and O–H groups in total. The van der Waals surface area contributed by atoms with E-state index in [-0.39, 0.29) is 31.1 Å². The normalized spacial score (nSPS) is 11.7.